The summed E-state index contributed by atoms with van der Waals surface area (Å²) in [4.78, 5) is 43.8. The fourth-order valence-electron chi connectivity index (χ4n) is 4.50. The molecule has 0 aliphatic rings. The molecule has 1 aromatic carbocycles. The summed E-state index contributed by atoms with van der Waals surface area (Å²) in [6.45, 7) is 13.4. The Morgan fingerprint density at radius 3 is 2.16 bits per heavy atom. The Bertz CT molecular complexity index is 1230. The van der Waals surface area contributed by atoms with E-state index in [0.29, 0.717) is 25.0 Å². The molecule has 252 valence electrons. The van der Waals surface area contributed by atoms with Crippen molar-refractivity contribution < 1.29 is 41.8 Å². The number of hydrogen-bond acceptors (Lipinski definition) is 9. The van der Waals surface area contributed by atoms with Crippen LogP contribution in [0.5, 0.6) is 0 Å². The Hall–Kier alpha value is -3.02. The van der Waals surface area contributed by atoms with E-state index in [2.05, 4.69) is 17.6 Å². The normalized spacial score (nSPS) is 13.6. The number of nitrogens with zero attached hydrogens (tertiary/aromatic N) is 1. The lowest BCUT2D eigenvalue weighted by atomic mass is 9.90. The summed E-state index contributed by atoms with van der Waals surface area (Å²) in [5, 5.41) is 6.40. The van der Waals surface area contributed by atoms with Crippen molar-refractivity contribution in [3.05, 3.63) is 48.2 Å². The number of furan rings is 1. The lowest BCUT2D eigenvalue weighted by Crippen LogP contribution is -2.48. The molecule has 0 aliphatic carbocycles. The highest BCUT2D eigenvalue weighted by molar-refractivity contribution is 7.48. The molecule has 0 saturated heterocycles. The minimum atomic E-state index is -4.09. The molecule has 0 unspecified atom stereocenters. The first-order valence-corrected chi connectivity index (χ1v) is 16.8. The van der Waals surface area contributed by atoms with Crippen LogP contribution in [-0.4, -0.2) is 54.0 Å². The van der Waals surface area contributed by atoms with Gasteiger partial charge in [0, 0.05) is 5.56 Å². The summed E-state index contributed by atoms with van der Waals surface area (Å²) in [6.07, 6.45) is 3.87. The maximum absolute atomic E-state index is 13.4. The van der Waals surface area contributed by atoms with E-state index in [9.17, 15) is 18.9 Å². The van der Waals surface area contributed by atoms with Crippen LogP contribution in [0.4, 0.5) is 0 Å². The monoisotopic (exact) mass is 651 g/mol. The molecule has 0 fully saturated rings. The highest BCUT2D eigenvalue weighted by Gasteiger charge is 2.38. The number of rotatable bonds is 19. The van der Waals surface area contributed by atoms with Crippen LogP contribution >= 0.6 is 7.82 Å². The second-order valence-electron chi connectivity index (χ2n) is 12.5. The molecule has 2 rings (SSSR count). The van der Waals surface area contributed by atoms with E-state index in [-0.39, 0.29) is 18.3 Å². The van der Waals surface area contributed by atoms with Crippen LogP contribution in [0, 0.1) is 5.92 Å². The molecule has 45 heavy (non-hydrogen) atoms. The van der Waals surface area contributed by atoms with Gasteiger partial charge in [0.05, 0.1) is 29.8 Å². The number of amides is 3. The highest BCUT2D eigenvalue weighted by Crippen LogP contribution is 2.55. The quantitative estimate of drug-likeness (QED) is 0.0549. The number of benzene rings is 1. The predicted octanol–water partition coefficient (Wildman–Crippen LogP) is 6.83. The fraction of sp³-hybridized carbons (Fsp3) is 0.594. The smallest absolute Gasteiger partial charge is 0.451 e. The van der Waals surface area contributed by atoms with Crippen LogP contribution in [-0.2, 0) is 32.6 Å². The van der Waals surface area contributed by atoms with Crippen molar-refractivity contribution >= 4 is 26.0 Å². The first-order chi connectivity index (χ1) is 21.1. The van der Waals surface area contributed by atoms with Gasteiger partial charge in [-0.1, -0.05) is 63.4 Å². The Balaban J connectivity index is 2.06. The summed E-state index contributed by atoms with van der Waals surface area (Å²) in [5.74, 6) is -0.854. The molecule has 3 amide bonds. The van der Waals surface area contributed by atoms with Gasteiger partial charge < -0.3 is 15.1 Å². The van der Waals surface area contributed by atoms with E-state index in [0.717, 1.165) is 29.9 Å². The van der Waals surface area contributed by atoms with Crippen molar-refractivity contribution in [1.29, 1.82) is 0 Å². The van der Waals surface area contributed by atoms with E-state index in [4.69, 9.17) is 22.8 Å². The molecular weight excluding hydrogens is 601 g/mol. The number of hydrogen-bond donors (Lipinski definition) is 2. The molecule has 1 aromatic heterocycles. The summed E-state index contributed by atoms with van der Waals surface area (Å²) >= 11 is 0. The maximum Gasteiger partial charge on any atom is 0.478 e. The van der Waals surface area contributed by atoms with Gasteiger partial charge in [0.25, 0.3) is 5.91 Å². The van der Waals surface area contributed by atoms with Crippen LogP contribution in [0.15, 0.2) is 46.9 Å². The van der Waals surface area contributed by atoms with Gasteiger partial charge in [-0.15, -0.1) is 0 Å². The van der Waals surface area contributed by atoms with Gasteiger partial charge in [-0.3, -0.25) is 28.0 Å². The van der Waals surface area contributed by atoms with Gasteiger partial charge in [-0.2, -0.15) is 0 Å². The van der Waals surface area contributed by atoms with Crippen molar-refractivity contribution in [3.63, 3.8) is 0 Å². The van der Waals surface area contributed by atoms with Gasteiger partial charge in [0.15, 0.2) is 12.6 Å². The Morgan fingerprint density at radius 1 is 0.956 bits per heavy atom. The Labute approximate surface area is 267 Å². The summed E-state index contributed by atoms with van der Waals surface area (Å²) in [7, 11) is -4.09. The molecule has 2 N–H and O–H groups in total. The number of carbonyl (C=O) groups is 3. The molecular formula is C32H50N3O9P. The van der Waals surface area contributed by atoms with E-state index in [1.54, 1.807) is 53.7 Å². The van der Waals surface area contributed by atoms with Crippen LogP contribution < -0.4 is 10.6 Å². The van der Waals surface area contributed by atoms with Crippen LogP contribution in [0.25, 0.3) is 11.3 Å². The number of phosphoric acid groups is 1. The molecule has 0 aliphatic heterocycles. The van der Waals surface area contributed by atoms with E-state index < -0.39 is 43.7 Å². The molecule has 13 heteroatoms. The molecule has 12 nitrogen and oxygen atoms in total. The van der Waals surface area contributed by atoms with Gasteiger partial charge in [-0.25, -0.2) is 14.5 Å². The number of hydroxylamine groups is 2. The zero-order valence-corrected chi connectivity index (χ0v) is 28.7. The van der Waals surface area contributed by atoms with Crippen molar-refractivity contribution in [2.24, 2.45) is 5.92 Å². The lowest BCUT2D eigenvalue weighted by Gasteiger charge is -2.34. The van der Waals surface area contributed by atoms with Crippen molar-refractivity contribution in [2.75, 3.05) is 13.5 Å². The van der Waals surface area contributed by atoms with Crippen LogP contribution in [0.2, 0.25) is 0 Å². The van der Waals surface area contributed by atoms with Crippen LogP contribution in [0.1, 0.15) is 98.0 Å². The number of nitrogens with one attached hydrogen (secondary N) is 2. The van der Waals surface area contributed by atoms with Gasteiger partial charge in [0.2, 0.25) is 12.3 Å². The largest absolute Gasteiger partial charge is 0.478 e. The van der Waals surface area contributed by atoms with Crippen LogP contribution in [0.3, 0.4) is 0 Å². The summed E-state index contributed by atoms with van der Waals surface area (Å²) < 4.78 is 35.7. The van der Waals surface area contributed by atoms with Crippen molar-refractivity contribution in [3.8, 4) is 11.3 Å². The lowest BCUT2D eigenvalue weighted by molar-refractivity contribution is -0.223. The molecule has 0 radical (unpaired) electrons. The third-order valence-electron chi connectivity index (χ3n) is 6.35. The maximum atomic E-state index is 13.4. The average Bonchev–Trinajstić information content (AvgIpc) is 3.44. The SMILES string of the molecule is CCCCC[C@@H](C(=O)NCNC(=O)c1ccc(-c2ccccc2)o1)[C@@H](CC)N(C=O)OCOP(=O)(OC(C)(C)C)OC(C)(C)C. The highest BCUT2D eigenvalue weighted by atomic mass is 31.2. The second-order valence-corrected chi connectivity index (χ2v) is 14.0. The Morgan fingerprint density at radius 2 is 1.60 bits per heavy atom. The predicted molar refractivity (Wildman–Crippen MR) is 171 cm³/mol. The van der Waals surface area contributed by atoms with Crippen molar-refractivity contribution in [2.45, 2.75) is 105 Å². The molecule has 0 saturated carbocycles. The van der Waals surface area contributed by atoms with E-state index in [1.807, 2.05) is 37.3 Å². The first-order valence-electron chi connectivity index (χ1n) is 15.3. The third kappa shape index (κ3) is 13.5. The van der Waals surface area contributed by atoms with Gasteiger partial charge in [0.1, 0.15) is 5.76 Å². The van der Waals surface area contributed by atoms with Gasteiger partial charge in [-0.05, 0) is 66.5 Å². The molecule has 0 spiro atoms. The minimum Gasteiger partial charge on any atom is -0.451 e. The third-order valence-corrected chi connectivity index (χ3v) is 8.32. The van der Waals surface area contributed by atoms with Crippen molar-refractivity contribution in [1.82, 2.24) is 15.7 Å². The second kappa shape index (κ2) is 17.6. The number of phosphoric ester groups is 1. The number of carbonyl (C=O) groups excluding carboxylic acids is 3. The summed E-state index contributed by atoms with van der Waals surface area (Å²) in [6, 6.07) is 12.0. The summed E-state index contributed by atoms with van der Waals surface area (Å²) in [5.41, 5.74) is -0.865. The topological polar surface area (TPSA) is 146 Å². The van der Waals surface area contributed by atoms with E-state index >= 15 is 0 Å². The van der Waals surface area contributed by atoms with Gasteiger partial charge >= 0.3 is 7.82 Å². The average molecular weight is 652 g/mol. The molecule has 2 atom stereocenters. The minimum absolute atomic E-state index is 0.109. The molecule has 0 bridgehead atoms. The number of unbranched alkanes of at least 4 members (excludes halogenated alkanes) is 2. The Kier molecular flexibility index (Phi) is 14.9. The zero-order chi connectivity index (χ0) is 33.7. The van der Waals surface area contributed by atoms with E-state index in [1.165, 1.54) is 0 Å². The zero-order valence-electron chi connectivity index (χ0n) is 27.8. The first kappa shape index (κ1) is 38.2. The molecule has 2 aromatic rings. The molecule has 1 heterocycles. The fourth-order valence-corrected chi connectivity index (χ4v) is 6.16. The standard InChI is InChI=1S/C32H50N3O9P/c1-9-11-13-18-25(29(37)33-21-34-30(38)28-20-19-27(42-28)24-16-14-12-15-17-24)26(10-2)35(22-36)40-23-41-45(39,43-31(3,4)5)44-32(6,7)8/h12,14-17,19-20,22,25-26H,9-11,13,18,21,23H2,1-8H3,(H,33,37)(H,34,38)/t25-,26-/m1/s1.